The SMILES string of the molecule is O=C(O)CC1C2CC3CC1CC(Oc1ccc(C(=O)NCCNC(=O)c4ccc5ccccc5c4)cc1)(C3)C2. The summed E-state index contributed by atoms with van der Waals surface area (Å²) in [6, 6.07) is 20.7. The normalized spacial score (nSPS) is 26.8. The predicted molar refractivity (Wildman–Crippen MR) is 148 cm³/mol. The molecule has 0 aliphatic heterocycles. The van der Waals surface area contributed by atoms with Gasteiger partial charge >= 0.3 is 5.97 Å². The number of ether oxygens (including phenoxy) is 1. The largest absolute Gasteiger partial charge is 0.487 e. The first-order valence-corrected chi connectivity index (χ1v) is 13.9. The van der Waals surface area contributed by atoms with Crippen LogP contribution in [0.4, 0.5) is 0 Å². The number of rotatable bonds is 9. The molecular weight excluding hydrogens is 492 g/mol. The Morgan fingerprint density at radius 3 is 2.08 bits per heavy atom. The number of carbonyl (C=O) groups excluding carboxylic acids is 2. The third-order valence-corrected chi connectivity index (χ3v) is 8.98. The zero-order chi connectivity index (χ0) is 27.0. The first-order chi connectivity index (χ1) is 18.9. The molecule has 7 heteroatoms. The van der Waals surface area contributed by atoms with Crippen molar-refractivity contribution in [2.45, 2.75) is 44.1 Å². The molecule has 0 aromatic heterocycles. The molecule has 4 saturated carbocycles. The van der Waals surface area contributed by atoms with Gasteiger partial charge in [-0.15, -0.1) is 0 Å². The Hall–Kier alpha value is -3.87. The maximum atomic E-state index is 12.6. The van der Waals surface area contributed by atoms with Gasteiger partial charge < -0.3 is 20.5 Å². The van der Waals surface area contributed by atoms with Crippen LogP contribution in [0.2, 0.25) is 0 Å². The Balaban J connectivity index is 0.989. The van der Waals surface area contributed by atoms with Crippen molar-refractivity contribution in [2.75, 3.05) is 13.1 Å². The van der Waals surface area contributed by atoms with Crippen molar-refractivity contribution >= 4 is 28.6 Å². The van der Waals surface area contributed by atoms with Crippen LogP contribution in [0.25, 0.3) is 10.8 Å². The average molecular weight is 527 g/mol. The molecule has 4 aliphatic rings. The van der Waals surface area contributed by atoms with Gasteiger partial charge in [-0.1, -0.05) is 30.3 Å². The minimum Gasteiger partial charge on any atom is -0.487 e. The van der Waals surface area contributed by atoms with Gasteiger partial charge in [0.05, 0.1) is 0 Å². The topological polar surface area (TPSA) is 105 Å². The molecule has 2 amide bonds. The summed E-state index contributed by atoms with van der Waals surface area (Å²) in [5.41, 5.74) is 0.917. The molecule has 3 N–H and O–H groups in total. The van der Waals surface area contributed by atoms with E-state index in [9.17, 15) is 19.5 Å². The molecule has 2 atom stereocenters. The highest BCUT2D eigenvalue weighted by Crippen LogP contribution is 2.60. The fraction of sp³-hybridized carbons (Fsp3) is 0.406. The number of carboxylic acids is 1. The zero-order valence-corrected chi connectivity index (χ0v) is 21.9. The molecule has 0 heterocycles. The highest BCUT2D eigenvalue weighted by molar-refractivity contribution is 5.98. The number of amides is 2. The van der Waals surface area contributed by atoms with Crippen LogP contribution in [-0.2, 0) is 4.79 Å². The van der Waals surface area contributed by atoms with E-state index in [0.29, 0.717) is 42.0 Å². The minimum absolute atomic E-state index is 0.171. The second kappa shape index (κ2) is 10.4. The van der Waals surface area contributed by atoms with E-state index in [1.807, 2.05) is 48.5 Å². The monoisotopic (exact) mass is 526 g/mol. The summed E-state index contributed by atoms with van der Waals surface area (Å²) >= 11 is 0. The Bertz CT molecular complexity index is 1390. The molecule has 4 fully saturated rings. The number of nitrogens with one attached hydrogen (secondary N) is 2. The maximum Gasteiger partial charge on any atom is 0.303 e. The van der Waals surface area contributed by atoms with Gasteiger partial charge in [-0.2, -0.15) is 0 Å². The third kappa shape index (κ3) is 5.35. The van der Waals surface area contributed by atoms with Crippen molar-refractivity contribution in [3.63, 3.8) is 0 Å². The Morgan fingerprint density at radius 2 is 1.41 bits per heavy atom. The van der Waals surface area contributed by atoms with Gasteiger partial charge in [0.15, 0.2) is 0 Å². The number of carbonyl (C=O) groups is 3. The van der Waals surface area contributed by atoms with E-state index in [1.54, 1.807) is 18.2 Å². The van der Waals surface area contributed by atoms with Gasteiger partial charge in [-0.25, -0.2) is 0 Å². The van der Waals surface area contributed by atoms with Crippen LogP contribution < -0.4 is 15.4 Å². The Kier molecular flexibility index (Phi) is 6.75. The fourth-order valence-corrected chi connectivity index (χ4v) is 7.53. The Labute approximate surface area is 227 Å². The van der Waals surface area contributed by atoms with Gasteiger partial charge in [0.1, 0.15) is 11.4 Å². The van der Waals surface area contributed by atoms with Crippen molar-refractivity contribution in [3.8, 4) is 5.75 Å². The van der Waals surface area contributed by atoms with Gasteiger partial charge in [-0.05, 0) is 103 Å². The molecule has 202 valence electrons. The number of fused-ring (bicyclic) bond motifs is 1. The molecule has 4 aliphatic carbocycles. The van der Waals surface area contributed by atoms with E-state index in [1.165, 1.54) is 0 Å². The van der Waals surface area contributed by atoms with E-state index >= 15 is 0 Å². The van der Waals surface area contributed by atoms with Crippen molar-refractivity contribution in [1.82, 2.24) is 10.6 Å². The lowest BCUT2D eigenvalue weighted by Gasteiger charge is -2.59. The fourth-order valence-electron chi connectivity index (χ4n) is 7.53. The van der Waals surface area contributed by atoms with Crippen molar-refractivity contribution < 1.29 is 24.2 Å². The molecule has 39 heavy (non-hydrogen) atoms. The lowest BCUT2D eigenvalue weighted by Crippen LogP contribution is -2.57. The smallest absolute Gasteiger partial charge is 0.303 e. The van der Waals surface area contributed by atoms with Crippen LogP contribution in [0.1, 0.15) is 59.2 Å². The maximum absolute atomic E-state index is 12.6. The zero-order valence-electron chi connectivity index (χ0n) is 21.9. The average Bonchev–Trinajstić information content (AvgIpc) is 2.92. The van der Waals surface area contributed by atoms with E-state index in [0.717, 1.165) is 48.6 Å². The van der Waals surface area contributed by atoms with Crippen molar-refractivity contribution in [1.29, 1.82) is 0 Å². The quantitative estimate of drug-likeness (QED) is 0.339. The first kappa shape index (κ1) is 25.4. The van der Waals surface area contributed by atoms with E-state index in [2.05, 4.69) is 10.6 Å². The Morgan fingerprint density at radius 1 is 0.795 bits per heavy atom. The second-order valence-corrected chi connectivity index (χ2v) is 11.6. The lowest BCUT2D eigenvalue weighted by molar-refractivity contribution is -0.155. The molecule has 3 aromatic carbocycles. The number of carboxylic acid groups (broad SMARTS) is 1. The van der Waals surface area contributed by atoms with Gasteiger partial charge in [-0.3, -0.25) is 14.4 Å². The van der Waals surface area contributed by atoms with Crippen molar-refractivity contribution in [3.05, 3.63) is 77.9 Å². The van der Waals surface area contributed by atoms with E-state index in [-0.39, 0.29) is 29.8 Å². The van der Waals surface area contributed by atoms with Crippen LogP contribution >= 0.6 is 0 Å². The van der Waals surface area contributed by atoms with Gasteiger partial charge in [0.2, 0.25) is 0 Å². The van der Waals surface area contributed by atoms with Gasteiger partial charge in [0, 0.05) is 30.6 Å². The summed E-state index contributed by atoms with van der Waals surface area (Å²) in [5.74, 6) is 1.45. The standard InChI is InChI=1S/C32H34N2O5/c35-29(36)16-28-25-13-20-14-26(28)19-32(17-20,18-25)39-27-9-7-22(8-10-27)30(37)33-11-12-34-31(38)24-6-5-21-3-1-2-4-23(21)15-24/h1-10,15,20,25-26,28H,11-14,16-19H2,(H,33,37)(H,34,38)(H,35,36). The van der Waals surface area contributed by atoms with Crippen molar-refractivity contribution in [2.24, 2.45) is 23.7 Å². The number of aliphatic carboxylic acids is 1. The summed E-state index contributed by atoms with van der Waals surface area (Å²) in [6.45, 7) is 0.647. The van der Waals surface area contributed by atoms with E-state index < -0.39 is 5.97 Å². The van der Waals surface area contributed by atoms with E-state index in [4.69, 9.17) is 4.74 Å². The molecule has 0 saturated heterocycles. The molecule has 0 radical (unpaired) electrons. The molecule has 4 bridgehead atoms. The van der Waals surface area contributed by atoms with Crippen LogP contribution in [0.15, 0.2) is 66.7 Å². The molecule has 7 nitrogen and oxygen atoms in total. The summed E-state index contributed by atoms with van der Waals surface area (Å²) < 4.78 is 6.57. The third-order valence-electron chi connectivity index (χ3n) is 8.98. The molecule has 2 unspecified atom stereocenters. The second-order valence-electron chi connectivity index (χ2n) is 11.6. The van der Waals surface area contributed by atoms with Crippen LogP contribution in [-0.4, -0.2) is 41.6 Å². The highest BCUT2D eigenvalue weighted by Gasteiger charge is 2.56. The predicted octanol–water partition coefficient (Wildman–Crippen LogP) is 5.05. The van der Waals surface area contributed by atoms with Crippen LogP contribution in [0, 0.1) is 23.7 Å². The van der Waals surface area contributed by atoms with Crippen LogP contribution in [0.3, 0.4) is 0 Å². The minimum atomic E-state index is -0.691. The molecule has 0 spiro atoms. The lowest BCUT2D eigenvalue weighted by atomic mass is 9.49. The van der Waals surface area contributed by atoms with Crippen LogP contribution in [0.5, 0.6) is 5.75 Å². The highest BCUT2D eigenvalue weighted by atomic mass is 16.5. The molecule has 7 rings (SSSR count). The molecule has 3 aromatic rings. The summed E-state index contributed by atoms with van der Waals surface area (Å²) in [7, 11) is 0. The number of hydrogen-bond acceptors (Lipinski definition) is 4. The summed E-state index contributed by atoms with van der Waals surface area (Å²) in [5, 5.41) is 17.2. The van der Waals surface area contributed by atoms with Gasteiger partial charge in [0.25, 0.3) is 11.8 Å². The number of hydrogen-bond donors (Lipinski definition) is 3. The summed E-state index contributed by atoms with van der Waals surface area (Å²) in [4.78, 5) is 36.5. The molecular formula is C32H34N2O5. The summed E-state index contributed by atoms with van der Waals surface area (Å²) in [6.07, 6.45) is 5.40. The number of benzene rings is 3. The first-order valence-electron chi connectivity index (χ1n) is 13.9.